The summed E-state index contributed by atoms with van der Waals surface area (Å²) >= 11 is 0. The first-order valence-electron chi connectivity index (χ1n) is 10.2. The van der Waals surface area contributed by atoms with Gasteiger partial charge in [0, 0.05) is 57.3 Å². The molecule has 2 fully saturated rings. The second kappa shape index (κ2) is 7.89. The summed E-state index contributed by atoms with van der Waals surface area (Å²) in [6.07, 6.45) is 2.56. The second-order valence-corrected chi connectivity index (χ2v) is 8.10. The summed E-state index contributed by atoms with van der Waals surface area (Å²) in [5.41, 5.74) is 2.22. The molecule has 0 spiro atoms. The zero-order valence-corrected chi connectivity index (χ0v) is 17.6. The molecule has 0 bridgehead atoms. The molecular weight excluding hydrogens is 366 g/mol. The number of anilines is 1. The number of likely N-dealkylation sites (tertiary alicyclic amines) is 1. The van der Waals surface area contributed by atoms with Gasteiger partial charge in [-0.2, -0.15) is 0 Å². The van der Waals surface area contributed by atoms with Crippen LogP contribution >= 0.6 is 0 Å². The summed E-state index contributed by atoms with van der Waals surface area (Å²) in [6, 6.07) is 10.3. The molecule has 2 aromatic rings. The lowest BCUT2D eigenvalue weighted by Crippen LogP contribution is -2.41. The Bertz CT molecular complexity index is 870. The van der Waals surface area contributed by atoms with Crippen molar-refractivity contribution >= 4 is 11.8 Å². The Morgan fingerprint density at radius 2 is 1.93 bits per heavy atom. The van der Waals surface area contributed by atoms with Gasteiger partial charge in [0.2, 0.25) is 0 Å². The maximum atomic E-state index is 12.9. The van der Waals surface area contributed by atoms with Crippen LogP contribution in [-0.2, 0) is 6.42 Å². The molecule has 0 radical (unpaired) electrons. The second-order valence-electron chi connectivity index (χ2n) is 8.10. The monoisotopic (exact) mass is 395 g/mol. The molecule has 1 aromatic heterocycles. The SMILES string of the molecule is CCc1cc(N2C[C@@H]3CN(C(=O)N(C)C)[C@@H](c4ccc(OC)cc4)[C@@H]3C2)ncn1. The molecule has 4 rings (SSSR count). The average molecular weight is 396 g/mol. The van der Waals surface area contributed by atoms with Crippen LogP contribution < -0.4 is 9.64 Å². The van der Waals surface area contributed by atoms with Crippen molar-refractivity contribution in [1.82, 2.24) is 19.8 Å². The number of aryl methyl sites for hydroxylation is 1. The molecule has 154 valence electrons. The Kier molecular flexibility index (Phi) is 5.30. The number of fused-ring (bicyclic) bond motifs is 1. The molecule has 29 heavy (non-hydrogen) atoms. The number of hydrogen-bond donors (Lipinski definition) is 0. The lowest BCUT2D eigenvalue weighted by molar-refractivity contribution is 0.159. The van der Waals surface area contributed by atoms with Gasteiger partial charge in [0.1, 0.15) is 17.9 Å². The van der Waals surface area contributed by atoms with Crippen LogP contribution in [0.4, 0.5) is 10.6 Å². The number of carbonyl (C=O) groups excluding carboxylic acids is 1. The number of amides is 2. The molecule has 7 heteroatoms. The Morgan fingerprint density at radius 1 is 1.17 bits per heavy atom. The van der Waals surface area contributed by atoms with Gasteiger partial charge in [0.05, 0.1) is 13.2 Å². The van der Waals surface area contributed by atoms with Crippen LogP contribution in [0.2, 0.25) is 0 Å². The molecule has 3 atom stereocenters. The van der Waals surface area contributed by atoms with E-state index in [1.54, 1.807) is 18.3 Å². The van der Waals surface area contributed by atoms with E-state index in [1.165, 1.54) is 0 Å². The molecule has 0 unspecified atom stereocenters. The predicted octanol–water partition coefficient (Wildman–Crippen LogP) is 2.84. The van der Waals surface area contributed by atoms with Gasteiger partial charge in [-0.1, -0.05) is 19.1 Å². The number of nitrogens with zero attached hydrogens (tertiary/aromatic N) is 5. The molecule has 2 aliphatic rings. The Labute approximate surface area is 172 Å². The van der Waals surface area contributed by atoms with Crippen LogP contribution in [-0.4, -0.2) is 66.6 Å². The van der Waals surface area contributed by atoms with Crippen molar-refractivity contribution in [2.45, 2.75) is 19.4 Å². The maximum absolute atomic E-state index is 12.9. The summed E-state index contributed by atoms with van der Waals surface area (Å²) in [4.78, 5) is 27.8. The summed E-state index contributed by atoms with van der Waals surface area (Å²) < 4.78 is 5.32. The van der Waals surface area contributed by atoms with Crippen LogP contribution in [0.15, 0.2) is 36.7 Å². The van der Waals surface area contributed by atoms with Crippen LogP contribution in [0.1, 0.15) is 24.2 Å². The van der Waals surface area contributed by atoms with Gasteiger partial charge in [0.15, 0.2) is 0 Å². The fourth-order valence-electron chi connectivity index (χ4n) is 4.67. The molecule has 3 heterocycles. The standard InChI is InChI=1S/C22H29N5O2/c1-5-17-10-20(24-14-23-17)26-11-16-12-27(22(28)25(2)3)21(19(16)13-26)15-6-8-18(29-4)9-7-15/h6-10,14,16,19,21H,5,11-13H2,1-4H3/t16-,19-,21+/m1/s1. The summed E-state index contributed by atoms with van der Waals surface area (Å²) in [7, 11) is 5.31. The van der Waals surface area contributed by atoms with Gasteiger partial charge in [-0.25, -0.2) is 14.8 Å². The van der Waals surface area contributed by atoms with E-state index in [1.807, 2.05) is 31.1 Å². The summed E-state index contributed by atoms with van der Waals surface area (Å²) in [5, 5.41) is 0. The lowest BCUT2D eigenvalue weighted by Gasteiger charge is -2.32. The Hall–Kier alpha value is -2.83. The fraction of sp³-hybridized carbons (Fsp3) is 0.500. The molecule has 0 aliphatic carbocycles. The van der Waals surface area contributed by atoms with Crippen LogP contribution in [0.3, 0.4) is 0 Å². The Morgan fingerprint density at radius 3 is 2.59 bits per heavy atom. The molecule has 0 N–H and O–H groups in total. The van der Waals surface area contributed by atoms with Crippen LogP contribution in [0.5, 0.6) is 5.75 Å². The van der Waals surface area contributed by atoms with Crippen LogP contribution in [0, 0.1) is 11.8 Å². The van der Waals surface area contributed by atoms with Crippen molar-refractivity contribution < 1.29 is 9.53 Å². The van der Waals surface area contributed by atoms with E-state index in [-0.39, 0.29) is 12.1 Å². The van der Waals surface area contributed by atoms with Gasteiger partial charge in [-0.15, -0.1) is 0 Å². The van der Waals surface area contributed by atoms with Gasteiger partial charge in [0.25, 0.3) is 0 Å². The van der Waals surface area contributed by atoms with E-state index in [9.17, 15) is 4.79 Å². The molecule has 2 amide bonds. The van der Waals surface area contributed by atoms with Gasteiger partial charge in [-0.05, 0) is 24.1 Å². The summed E-state index contributed by atoms with van der Waals surface area (Å²) in [6.45, 7) is 4.67. The highest BCUT2D eigenvalue weighted by Gasteiger charge is 2.49. The zero-order valence-electron chi connectivity index (χ0n) is 17.6. The topological polar surface area (TPSA) is 61.8 Å². The lowest BCUT2D eigenvalue weighted by atomic mass is 9.89. The van der Waals surface area contributed by atoms with E-state index in [0.29, 0.717) is 11.8 Å². The number of benzene rings is 1. The van der Waals surface area contributed by atoms with Crippen molar-refractivity contribution in [3.05, 3.63) is 47.9 Å². The zero-order chi connectivity index (χ0) is 20.5. The third kappa shape index (κ3) is 3.61. The Balaban J connectivity index is 1.62. The highest BCUT2D eigenvalue weighted by atomic mass is 16.5. The van der Waals surface area contributed by atoms with E-state index in [0.717, 1.165) is 48.9 Å². The molecule has 2 aliphatic heterocycles. The number of rotatable bonds is 4. The smallest absolute Gasteiger partial charge is 0.320 e. The molecule has 0 saturated carbocycles. The predicted molar refractivity (Wildman–Crippen MR) is 112 cm³/mol. The van der Waals surface area contributed by atoms with E-state index >= 15 is 0 Å². The van der Waals surface area contributed by atoms with Crippen molar-refractivity contribution in [2.75, 3.05) is 45.7 Å². The summed E-state index contributed by atoms with van der Waals surface area (Å²) in [5.74, 6) is 2.61. The third-order valence-corrected chi connectivity index (χ3v) is 6.15. The average Bonchev–Trinajstić information content (AvgIpc) is 3.31. The maximum Gasteiger partial charge on any atom is 0.320 e. The van der Waals surface area contributed by atoms with E-state index < -0.39 is 0 Å². The molecule has 7 nitrogen and oxygen atoms in total. The normalized spacial score (nSPS) is 23.2. The molecular formula is C22H29N5O2. The number of methoxy groups -OCH3 is 1. The first kappa shape index (κ1) is 19.5. The molecule has 2 saturated heterocycles. The minimum absolute atomic E-state index is 0.0540. The number of aromatic nitrogens is 2. The number of urea groups is 1. The van der Waals surface area contributed by atoms with Crippen molar-refractivity contribution in [1.29, 1.82) is 0 Å². The molecule has 1 aromatic carbocycles. The highest BCUT2D eigenvalue weighted by molar-refractivity contribution is 5.75. The number of carbonyl (C=O) groups is 1. The van der Waals surface area contributed by atoms with E-state index in [4.69, 9.17) is 4.74 Å². The van der Waals surface area contributed by atoms with Crippen molar-refractivity contribution in [2.24, 2.45) is 11.8 Å². The largest absolute Gasteiger partial charge is 0.497 e. The van der Waals surface area contributed by atoms with E-state index in [2.05, 4.69) is 40.0 Å². The number of hydrogen-bond acceptors (Lipinski definition) is 5. The quantitative estimate of drug-likeness (QED) is 0.797. The van der Waals surface area contributed by atoms with Crippen LogP contribution in [0.25, 0.3) is 0 Å². The first-order valence-corrected chi connectivity index (χ1v) is 10.2. The van der Waals surface area contributed by atoms with Gasteiger partial charge < -0.3 is 19.4 Å². The fourth-order valence-corrected chi connectivity index (χ4v) is 4.67. The van der Waals surface area contributed by atoms with Gasteiger partial charge >= 0.3 is 6.03 Å². The van der Waals surface area contributed by atoms with Crippen molar-refractivity contribution in [3.8, 4) is 5.75 Å². The van der Waals surface area contributed by atoms with Crippen molar-refractivity contribution in [3.63, 3.8) is 0 Å². The van der Waals surface area contributed by atoms with Gasteiger partial charge in [-0.3, -0.25) is 0 Å². The minimum atomic E-state index is 0.0540. The third-order valence-electron chi connectivity index (χ3n) is 6.15. The first-order chi connectivity index (χ1) is 14.0. The highest BCUT2D eigenvalue weighted by Crippen LogP contribution is 2.46. The minimum Gasteiger partial charge on any atom is -0.497 e. The number of ether oxygens (including phenoxy) is 1.